The third kappa shape index (κ3) is 4.97. The topological polar surface area (TPSA) is 50.4 Å². The number of carbonyl (C=O) groups is 1. The minimum atomic E-state index is -4.45. The fourth-order valence-electron chi connectivity index (χ4n) is 1.93. The van der Waals surface area contributed by atoms with E-state index in [1.165, 1.54) is 30.6 Å². The Bertz CT molecular complexity index is 644. The number of hydrogen-bond donors (Lipinski definition) is 2. The highest BCUT2D eigenvalue weighted by Gasteiger charge is 2.30. The first-order valence-electron chi connectivity index (χ1n) is 6.67. The molecule has 0 spiro atoms. The summed E-state index contributed by atoms with van der Waals surface area (Å²) < 4.78 is 43.1. The normalized spacial score (nSPS) is 12.7. The number of nitrogens with one attached hydrogen (secondary N) is 2. The van der Waals surface area contributed by atoms with Crippen molar-refractivity contribution in [2.75, 3.05) is 19.0 Å². The number of alkyl halides is 3. The highest BCUT2D eigenvalue weighted by atomic mass is 32.1. The number of urea groups is 1. The van der Waals surface area contributed by atoms with Crippen LogP contribution in [0.5, 0.6) is 0 Å². The van der Waals surface area contributed by atoms with E-state index in [2.05, 4.69) is 10.6 Å². The maximum Gasteiger partial charge on any atom is 0.416 e. The molecule has 1 aromatic heterocycles. The van der Waals surface area contributed by atoms with Crippen LogP contribution in [-0.4, -0.2) is 19.7 Å². The Hall–Kier alpha value is -2.06. The van der Waals surface area contributed by atoms with Crippen LogP contribution in [-0.2, 0) is 10.9 Å². The Kier molecular flexibility index (Phi) is 5.62. The summed E-state index contributed by atoms with van der Waals surface area (Å²) in [4.78, 5) is 11.8. The van der Waals surface area contributed by atoms with Crippen LogP contribution < -0.4 is 10.6 Å². The Morgan fingerprint density at radius 2 is 2.13 bits per heavy atom. The molecule has 0 aliphatic carbocycles. The molecule has 1 aromatic carbocycles. The molecule has 0 radical (unpaired) electrons. The summed E-state index contributed by atoms with van der Waals surface area (Å²) in [5.41, 5.74) is 0.182. The summed E-state index contributed by atoms with van der Waals surface area (Å²) in [6.45, 7) is 0.206. The first kappa shape index (κ1) is 17.3. The van der Waals surface area contributed by atoms with Crippen molar-refractivity contribution in [3.8, 4) is 0 Å². The molecule has 2 N–H and O–H groups in total. The van der Waals surface area contributed by atoms with Gasteiger partial charge in [0.05, 0.1) is 5.56 Å². The van der Waals surface area contributed by atoms with Crippen LogP contribution in [0.4, 0.5) is 23.7 Å². The molecule has 2 rings (SSSR count). The standard InChI is InChI=1S/C15H15F3N2O2S/c1-22-13(10-5-6-23-9-10)8-19-14(21)20-12-4-2-3-11(7-12)15(16,17)18/h2-7,9,13H,8H2,1H3,(H2,19,20,21). The maximum absolute atomic E-state index is 12.6. The second-order valence-corrected chi connectivity index (χ2v) is 5.47. The molecule has 2 aromatic rings. The van der Waals surface area contributed by atoms with Gasteiger partial charge in [0, 0.05) is 19.3 Å². The van der Waals surface area contributed by atoms with E-state index in [0.717, 1.165) is 17.7 Å². The van der Waals surface area contributed by atoms with Crippen molar-refractivity contribution < 1.29 is 22.7 Å². The van der Waals surface area contributed by atoms with Crippen LogP contribution in [0, 0.1) is 0 Å². The molecular weight excluding hydrogens is 329 g/mol. The third-order valence-electron chi connectivity index (χ3n) is 3.10. The molecule has 1 atom stereocenters. The second kappa shape index (κ2) is 7.47. The maximum atomic E-state index is 12.6. The van der Waals surface area contributed by atoms with Gasteiger partial charge >= 0.3 is 12.2 Å². The van der Waals surface area contributed by atoms with Crippen molar-refractivity contribution in [1.29, 1.82) is 0 Å². The summed E-state index contributed by atoms with van der Waals surface area (Å²) in [6, 6.07) is 5.74. The fourth-order valence-corrected chi connectivity index (χ4v) is 2.63. The molecule has 0 bridgehead atoms. The molecule has 2 amide bonds. The lowest BCUT2D eigenvalue weighted by Crippen LogP contribution is -2.32. The van der Waals surface area contributed by atoms with E-state index >= 15 is 0 Å². The SMILES string of the molecule is COC(CNC(=O)Nc1cccc(C(F)(F)F)c1)c1ccsc1. The van der Waals surface area contributed by atoms with Crippen molar-refractivity contribution in [1.82, 2.24) is 5.32 Å². The molecule has 0 aliphatic rings. The quantitative estimate of drug-likeness (QED) is 0.851. The molecule has 8 heteroatoms. The number of methoxy groups -OCH3 is 1. The summed E-state index contributed by atoms with van der Waals surface area (Å²) in [7, 11) is 1.52. The van der Waals surface area contributed by atoms with E-state index < -0.39 is 17.8 Å². The van der Waals surface area contributed by atoms with Gasteiger partial charge < -0.3 is 15.4 Å². The van der Waals surface area contributed by atoms with Gasteiger partial charge in [0.15, 0.2) is 0 Å². The zero-order valence-corrected chi connectivity index (χ0v) is 13.0. The molecule has 1 unspecified atom stereocenters. The lowest BCUT2D eigenvalue weighted by molar-refractivity contribution is -0.137. The molecule has 0 aliphatic heterocycles. The molecule has 4 nitrogen and oxygen atoms in total. The predicted molar refractivity (Wildman–Crippen MR) is 82.5 cm³/mol. The Morgan fingerprint density at radius 1 is 1.35 bits per heavy atom. The molecule has 124 valence electrons. The van der Waals surface area contributed by atoms with E-state index in [-0.39, 0.29) is 18.3 Å². The summed E-state index contributed by atoms with van der Waals surface area (Å²) >= 11 is 1.51. The number of halogens is 3. The average molecular weight is 344 g/mol. The number of benzene rings is 1. The monoisotopic (exact) mass is 344 g/mol. The van der Waals surface area contributed by atoms with Crippen LogP contribution in [0.1, 0.15) is 17.2 Å². The number of carbonyl (C=O) groups excluding carboxylic acids is 1. The third-order valence-corrected chi connectivity index (χ3v) is 3.80. The van der Waals surface area contributed by atoms with Crippen molar-refractivity contribution in [3.63, 3.8) is 0 Å². The largest absolute Gasteiger partial charge is 0.416 e. The van der Waals surface area contributed by atoms with Gasteiger partial charge in [-0.2, -0.15) is 24.5 Å². The molecule has 1 heterocycles. The molecule has 23 heavy (non-hydrogen) atoms. The number of amides is 2. The number of hydrogen-bond acceptors (Lipinski definition) is 3. The zero-order chi connectivity index (χ0) is 16.9. The van der Waals surface area contributed by atoms with Crippen molar-refractivity contribution in [2.45, 2.75) is 12.3 Å². The predicted octanol–water partition coefficient (Wildman–Crippen LogP) is 4.28. The van der Waals surface area contributed by atoms with E-state index in [9.17, 15) is 18.0 Å². The van der Waals surface area contributed by atoms with E-state index in [0.29, 0.717) is 0 Å². The van der Waals surface area contributed by atoms with Gasteiger partial charge in [0.1, 0.15) is 6.10 Å². The van der Waals surface area contributed by atoms with Gasteiger partial charge in [-0.25, -0.2) is 4.79 Å². The molecule has 0 saturated heterocycles. The zero-order valence-electron chi connectivity index (χ0n) is 12.2. The lowest BCUT2D eigenvalue weighted by Gasteiger charge is -2.15. The highest BCUT2D eigenvalue weighted by molar-refractivity contribution is 7.07. The van der Waals surface area contributed by atoms with Gasteiger partial charge in [-0.05, 0) is 40.6 Å². The van der Waals surface area contributed by atoms with Crippen LogP contribution >= 0.6 is 11.3 Å². The summed E-state index contributed by atoms with van der Waals surface area (Å²) in [5.74, 6) is 0. The number of thiophene rings is 1. The van der Waals surface area contributed by atoms with Crippen LogP contribution in [0.25, 0.3) is 0 Å². The lowest BCUT2D eigenvalue weighted by atomic mass is 10.2. The van der Waals surface area contributed by atoms with Gasteiger partial charge in [-0.15, -0.1) is 0 Å². The second-order valence-electron chi connectivity index (χ2n) is 4.69. The fraction of sp³-hybridized carbons (Fsp3) is 0.267. The average Bonchev–Trinajstić information content (AvgIpc) is 3.01. The van der Waals surface area contributed by atoms with Crippen LogP contribution in [0.2, 0.25) is 0 Å². The van der Waals surface area contributed by atoms with Gasteiger partial charge in [-0.1, -0.05) is 6.07 Å². The molecule has 0 fully saturated rings. The molecule has 0 saturated carbocycles. The smallest absolute Gasteiger partial charge is 0.375 e. The summed E-state index contributed by atoms with van der Waals surface area (Å²) in [5, 5.41) is 8.75. The number of rotatable bonds is 5. The Labute approximate surface area is 135 Å². The van der Waals surface area contributed by atoms with Gasteiger partial charge in [0.25, 0.3) is 0 Å². The highest BCUT2D eigenvalue weighted by Crippen LogP contribution is 2.30. The minimum absolute atomic E-state index is 0.0711. The van der Waals surface area contributed by atoms with Crippen LogP contribution in [0.15, 0.2) is 41.1 Å². The van der Waals surface area contributed by atoms with Crippen molar-refractivity contribution in [2.24, 2.45) is 0 Å². The number of ether oxygens (including phenoxy) is 1. The van der Waals surface area contributed by atoms with E-state index in [1.807, 2.05) is 16.8 Å². The summed E-state index contributed by atoms with van der Waals surface area (Å²) in [6.07, 6.45) is -4.76. The Morgan fingerprint density at radius 3 is 2.74 bits per heavy atom. The first-order chi connectivity index (χ1) is 10.9. The van der Waals surface area contributed by atoms with Crippen molar-refractivity contribution in [3.05, 3.63) is 52.2 Å². The van der Waals surface area contributed by atoms with Gasteiger partial charge in [0.2, 0.25) is 0 Å². The van der Waals surface area contributed by atoms with Crippen molar-refractivity contribution >= 4 is 23.1 Å². The van der Waals surface area contributed by atoms with E-state index in [4.69, 9.17) is 4.74 Å². The van der Waals surface area contributed by atoms with Crippen LogP contribution in [0.3, 0.4) is 0 Å². The first-order valence-corrected chi connectivity index (χ1v) is 7.61. The Balaban J connectivity index is 1.92. The molecular formula is C15H15F3N2O2S. The van der Waals surface area contributed by atoms with Gasteiger partial charge in [-0.3, -0.25) is 0 Å². The van der Waals surface area contributed by atoms with E-state index in [1.54, 1.807) is 0 Å². The number of anilines is 1. The minimum Gasteiger partial charge on any atom is -0.375 e.